The van der Waals surface area contributed by atoms with E-state index in [-0.39, 0.29) is 11.3 Å². The second-order valence-corrected chi connectivity index (χ2v) is 7.52. The van der Waals surface area contributed by atoms with Crippen LogP contribution in [0.2, 0.25) is 0 Å². The summed E-state index contributed by atoms with van der Waals surface area (Å²) in [6.45, 7) is 6.72. The largest absolute Gasteiger partial charge is 0.348 e. The number of carbonyl (C=O) groups is 1. The molecule has 6 nitrogen and oxygen atoms in total. The summed E-state index contributed by atoms with van der Waals surface area (Å²) < 4.78 is 0. The minimum Gasteiger partial charge on any atom is -0.348 e. The van der Waals surface area contributed by atoms with E-state index in [9.17, 15) is 4.79 Å². The second kappa shape index (κ2) is 7.05. The van der Waals surface area contributed by atoms with E-state index in [1.165, 1.54) is 24.8 Å². The van der Waals surface area contributed by atoms with Gasteiger partial charge in [-0.2, -0.15) is 0 Å². The lowest BCUT2D eigenvalue weighted by molar-refractivity contribution is -0.130. The third-order valence-electron chi connectivity index (χ3n) is 5.42. The van der Waals surface area contributed by atoms with Crippen LogP contribution in [0.1, 0.15) is 31.7 Å². The van der Waals surface area contributed by atoms with Crippen molar-refractivity contribution in [3.8, 4) is 0 Å². The summed E-state index contributed by atoms with van der Waals surface area (Å²) in [7, 11) is 3.66. The van der Waals surface area contributed by atoms with Crippen molar-refractivity contribution in [3.63, 3.8) is 0 Å². The number of hydrogen-bond acceptors (Lipinski definition) is 5. The first kappa shape index (κ1) is 17.1. The van der Waals surface area contributed by atoms with E-state index in [1.54, 1.807) is 4.90 Å². The number of piperidine rings is 1. The molecule has 0 N–H and O–H groups in total. The zero-order valence-electron chi connectivity index (χ0n) is 15.2. The predicted octanol–water partition coefficient (Wildman–Crippen LogP) is 1.42. The van der Waals surface area contributed by atoms with Crippen LogP contribution >= 0.6 is 0 Å². The Labute approximate surface area is 144 Å². The molecule has 1 aromatic heterocycles. The van der Waals surface area contributed by atoms with Crippen molar-refractivity contribution in [2.75, 3.05) is 51.7 Å². The van der Waals surface area contributed by atoms with Crippen LogP contribution in [0.25, 0.3) is 0 Å². The third-order valence-corrected chi connectivity index (χ3v) is 5.42. The van der Waals surface area contributed by atoms with Crippen LogP contribution in [0.15, 0.2) is 12.4 Å². The Kier molecular flexibility index (Phi) is 5.04. The minimum absolute atomic E-state index is 0.195. The van der Waals surface area contributed by atoms with Gasteiger partial charge in [0.1, 0.15) is 0 Å². The normalized spacial score (nSPS) is 24.5. The average Bonchev–Trinajstić information content (AvgIpc) is 2.98. The molecule has 3 rings (SSSR count). The molecule has 0 saturated carbocycles. The summed E-state index contributed by atoms with van der Waals surface area (Å²) in [6, 6.07) is 0. The van der Waals surface area contributed by atoms with Crippen molar-refractivity contribution >= 4 is 11.9 Å². The van der Waals surface area contributed by atoms with Crippen LogP contribution in [0.5, 0.6) is 0 Å². The summed E-state index contributed by atoms with van der Waals surface area (Å²) in [6.07, 6.45) is 8.43. The Hall–Kier alpha value is -1.69. The van der Waals surface area contributed by atoms with Gasteiger partial charge in [-0.05, 0) is 37.8 Å². The maximum Gasteiger partial charge on any atom is 0.236 e. The van der Waals surface area contributed by atoms with E-state index < -0.39 is 0 Å². The van der Waals surface area contributed by atoms with Crippen molar-refractivity contribution in [1.29, 1.82) is 0 Å². The van der Waals surface area contributed by atoms with Crippen molar-refractivity contribution in [1.82, 2.24) is 19.8 Å². The Morgan fingerprint density at radius 1 is 1.21 bits per heavy atom. The monoisotopic (exact) mass is 331 g/mol. The topological polar surface area (TPSA) is 52.6 Å². The predicted molar refractivity (Wildman–Crippen MR) is 95.0 cm³/mol. The highest BCUT2D eigenvalue weighted by atomic mass is 16.2. The van der Waals surface area contributed by atoms with Crippen LogP contribution in [0, 0.1) is 5.41 Å². The molecule has 2 saturated heterocycles. The molecule has 1 unspecified atom stereocenters. The molecule has 0 aromatic carbocycles. The molecule has 6 heteroatoms. The number of carbonyl (C=O) groups excluding carboxylic acids is 1. The van der Waals surface area contributed by atoms with Crippen molar-refractivity contribution < 1.29 is 4.79 Å². The molecule has 0 aliphatic carbocycles. The third kappa shape index (κ3) is 3.69. The molecule has 0 radical (unpaired) electrons. The molecule has 24 heavy (non-hydrogen) atoms. The number of rotatable bonds is 4. The van der Waals surface area contributed by atoms with Gasteiger partial charge in [-0.3, -0.25) is 9.69 Å². The number of hydrogen-bond donors (Lipinski definition) is 0. The molecule has 2 aliphatic heterocycles. The summed E-state index contributed by atoms with van der Waals surface area (Å²) in [4.78, 5) is 27.4. The quantitative estimate of drug-likeness (QED) is 0.835. The fourth-order valence-electron chi connectivity index (χ4n) is 3.91. The van der Waals surface area contributed by atoms with Crippen molar-refractivity contribution in [2.45, 2.75) is 32.6 Å². The molecule has 2 aliphatic rings. The molecule has 1 aromatic rings. The molecule has 1 amide bonds. The molecule has 132 valence electrons. The first-order valence-electron chi connectivity index (χ1n) is 9.00. The second-order valence-electron chi connectivity index (χ2n) is 7.52. The lowest BCUT2D eigenvalue weighted by Gasteiger charge is -2.40. The summed E-state index contributed by atoms with van der Waals surface area (Å²) in [5.74, 6) is 1.05. The maximum absolute atomic E-state index is 12.0. The van der Waals surface area contributed by atoms with Crippen LogP contribution in [0.3, 0.4) is 0 Å². The summed E-state index contributed by atoms with van der Waals surface area (Å²) >= 11 is 0. The van der Waals surface area contributed by atoms with Gasteiger partial charge >= 0.3 is 0 Å². The van der Waals surface area contributed by atoms with Crippen LogP contribution in [0.4, 0.5) is 5.95 Å². The summed E-state index contributed by atoms with van der Waals surface area (Å²) in [5.41, 5.74) is 1.47. The van der Waals surface area contributed by atoms with Gasteiger partial charge in [0, 0.05) is 51.5 Å². The number of likely N-dealkylation sites (N-methyl/N-ethyl adjacent to an activating group) is 1. The van der Waals surface area contributed by atoms with Gasteiger partial charge in [-0.15, -0.1) is 0 Å². The number of aromatic nitrogens is 2. The zero-order valence-corrected chi connectivity index (χ0v) is 15.2. The molecular weight excluding hydrogens is 302 g/mol. The molecule has 1 spiro atoms. The van der Waals surface area contributed by atoms with Crippen LogP contribution in [-0.2, 0) is 11.2 Å². The highest BCUT2D eigenvalue weighted by Gasteiger charge is 2.42. The van der Waals surface area contributed by atoms with Crippen LogP contribution < -0.4 is 4.90 Å². The fraction of sp³-hybridized carbons (Fsp3) is 0.722. The smallest absolute Gasteiger partial charge is 0.236 e. The van der Waals surface area contributed by atoms with Crippen molar-refractivity contribution in [2.24, 2.45) is 5.41 Å². The van der Waals surface area contributed by atoms with Gasteiger partial charge < -0.3 is 9.80 Å². The lowest BCUT2D eigenvalue weighted by atomic mass is 9.79. The summed E-state index contributed by atoms with van der Waals surface area (Å²) in [5, 5.41) is 0. The Bertz CT molecular complexity index is 573. The van der Waals surface area contributed by atoms with Gasteiger partial charge in [0.15, 0.2) is 0 Å². The highest BCUT2D eigenvalue weighted by molar-refractivity contribution is 5.77. The minimum atomic E-state index is 0.195. The zero-order chi connectivity index (χ0) is 17.2. The van der Waals surface area contributed by atoms with E-state index >= 15 is 0 Å². The SMILES string of the molecule is CCc1cnc(N2CCC3(CCCN(CC(=O)N(C)C)C3)C2)nc1. The van der Waals surface area contributed by atoms with Crippen molar-refractivity contribution in [3.05, 3.63) is 18.0 Å². The van der Waals surface area contributed by atoms with E-state index in [2.05, 4.69) is 26.7 Å². The van der Waals surface area contributed by atoms with E-state index in [1.807, 2.05) is 26.5 Å². The van der Waals surface area contributed by atoms with Crippen LogP contribution in [-0.4, -0.2) is 72.5 Å². The van der Waals surface area contributed by atoms with E-state index in [4.69, 9.17) is 0 Å². The maximum atomic E-state index is 12.0. The molecular formula is C18H29N5O. The van der Waals surface area contributed by atoms with E-state index in [0.29, 0.717) is 6.54 Å². The number of likely N-dealkylation sites (tertiary alicyclic amines) is 1. The first-order valence-corrected chi connectivity index (χ1v) is 9.00. The van der Waals surface area contributed by atoms with E-state index in [0.717, 1.165) is 38.5 Å². The first-order chi connectivity index (χ1) is 11.5. The Morgan fingerprint density at radius 2 is 1.96 bits per heavy atom. The molecule has 2 fully saturated rings. The van der Waals surface area contributed by atoms with Gasteiger partial charge in [-0.1, -0.05) is 6.92 Å². The Balaban J connectivity index is 1.63. The number of nitrogens with zero attached hydrogens (tertiary/aromatic N) is 5. The van der Waals surface area contributed by atoms with Gasteiger partial charge in [0.25, 0.3) is 0 Å². The van der Waals surface area contributed by atoms with Gasteiger partial charge in [0.05, 0.1) is 6.54 Å². The highest BCUT2D eigenvalue weighted by Crippen LogP contribution is 2.39. The van der Waals surface area contributed by atoms with Gasteiger partial charge in [-0.25, -0.2) is 9.97 Å². The van der Waals surface area contributed by atoms with Gasteiger partial charge in [0.2, 0.25) is 11.9 Å². The number of anilines is 1. The number of amides is 1. The lowest BCUT2D eigenvalue weighted by Crippen LogP contribution is -2.48. The fourth-order valence-corrected chi connectivity index (χ4v) is 3.91. The average molecular weight is 331 g/mol. The molecule has 1 atom stereocenters. The number of aryl methyl sites for hydroxylation is 1. The standard InChI is InChI=1S/C18H29N5O/c1-4-15-10-19-17(20-11-15)23-9-7-18(14-23)6-5-8-22(13-18)12-16(24)21(2)3/h10-11H,4-9,12-14H2,1-3H3. The molecule has 0 bridgehead atoms. The molecule has 3 heterocycles. The Morgan fingerprint density at radius 3 is 2.62 bits per heavy atom.